The molecule has 0 aromatic heterocycles. The molecule has 0 spiro atoms. The first-order valence-electron chi connectivity index (χ1n) is 7.68. The highest BCUT2D eigenvalue weighted by molar-refractivity contribution is 5.95. The smallest absolute Gasteiger partial charge is 0.338 e. The van der Waals surface area contributed by atoms with E-state index in [-0.39, 0.29) is 6.61 Å². The van der Waals surface area contributed by atoms with Gasteiger partial charge in [0.05, 0.1) is 32.4 Å². The van der Waals surface area contributed by atoms with E-state index in [1.54, 1.807) is 25.1 Å². The average molecular weight is 350 g/mol. The maximum atomic E-state index is 12.5. The quantitative estimate of drug-likeness (QED) is 0.572. The fourth-order valence-corrected chi connectivity index (χ4v) is 2.54. The monoisotopic (exact) mass is 350 g/mol. The standard InChI is InChI=1S/C17H22N2O6/c1-10-14(16(20)25-8-7-22-2)15(19-17(21)18-10)11-5-6-12(23-3)13(9-11)24-4/h5-6,9,15H,7-8H2,1-4H3,(H2,18,19,21). The Morgan fingerprint density at radius 3 is 2.48 bits per heavy atom. The first-order chi connectivity index (χ1) is 12.0. The fourth-order valence-electron chi connectivity index (χ4n) is 2.54. The van der Waals surface area contributed by atoms with E-state index in [2.05, 4.69) is 10.6 Å². The molecule has 1 unspecified atom stereocenters. The second kappa shape index (κ2) is 8.39. The predicted molar refractivity (Wildman–Crippen MR) is 89.5 cm³/mol. The van der Waals surface area contributed by atoms with Gasteiger partial charge in [-0.1, -0.05) is 6.07 Å². The van der Waals surface area contributed by atoms with E-state index in [9.17, 15) is 9.59 Å². The first-order valence-corrected chi connectivity index (χ1v) is 7.68. The van der Waals surface area contributed by atoms with Crippen molar-refractivity contribution in [3.8, 4) is 11.5 Å². The summed E-state index contributed by atoms with van der Waals surface area (Å²) in [5, 5.41) is 5.33. The number of ether oxygens (including phenoxy) is 4. The van der Waals surface area contributed by atoms with Crippen molar-refractivity contribution in [1.29, 1.82) is 0 Å². The highest BCUT2D eigenvalue weighted by Crippen LogP contribution is 2.34. The Morgan fingerprint density at radius 2 is 1.84 bits per heavy atom. The van der Waals surface area contributed by atoms with Crippen molar-refractivity contribution >= 4 is 12.0 Å². The van der Waals surface area contributed by atoms with Crippen molar-refractivity contribution in [2.45, 2.75) is 13.0 Å². The van der Waals surface area contributed by atoms with Gasteiger partial charge in [0.1, 0.15) is 6.61 Å². The van der Waals surface area contributed by atoms with Gasteiger partial charge in [-0.05, 0) is 24.6 Å². The zero-order valence-electron chi connectivity index (χ0n) is 14.7. The van der Waals surface area contributed by atoms with Crippen LogP contribution in [-0.2, 0) is 14.3 Å². The van der Waals surface area contributed by atoms with Crippen molar-refractivity contribution in [3.63, 3.8) is 0 Å². The number of rotatable bonds is 7. The van der Waals surface area contributed by atoms with Crippen LogP contribution in [0.2, 0.25) is 0 Å². The zero-order chi connectivity index (χ0) is 18.4. The largest absolute Gasteiger partial charge is 0.493 e. The SMILES string of the molecule is COCCOC(=O)C1=C(C)NC(=O)NC1c1ccc(OC)c(OC)c1. The molecule has 8 nitrogen and oxygen atoms in total. The maximum Gasteiger partial charge on any atom is 0.338 e. The third kappa shape index (κ3) is 4.21. The van der Waals surface area contributed by atoms with Crippen LogP contribution in [-0.4, -0.2) is 46.5 Å². The van der Waals surface area contributed by atoms with Crippen LogP contribution in [0.5, 0.6) is 11.5 Å². The highest BCUT2D eigenvalue weighted by atomic mass is 16.6. The summed E-state index contributed by atoms with van der Waals surface area (Å²) >= 11 is 0. The number of methoxy groups -OCH3 is 3. The lowest BCUT2D eigenvalue weighted by atomic mass is 9.95. The summed E-state index contributed by atoms with van der Waals surface area (Å²) < 4.78 is 20.6. The van der Waals surface area contributed by atoms with Crippen LogP contribution in [0.15, 0.2) is 29.5 Å². The molecule has 1 aliphatic rings. The van der Waals surface area contributed by atoms with Crippen LogP contribution < -0.4 is 20.1 Å². The van der Waals surface area contributed by atoms with E-state index in [0.29, 0.717) is 34.9 Å². The summed E-state index contributed by atoms with van der Waals surface area (Å²) in [6.07, 6.45) is 0. The van der Waals surface area contributed by atoms with Crippen LogP contribution in [0.4, 0.5) is 4.79 Å². The van der Waals surface area contributed by atoms with Gasteiger partial charge in [0.25, 0.3) is 0 Å². The summed E-state index contributed by atoms with van der Waals surface area (Å²) in [5.74, 6) is 0.524. The minimum atomic E-state index is -0.663. The fraction of sp³-hybridized carbons (Fsp3) is 0.412. The molecule has 1 aromatic rings. The van der Waals surface area contributed by atoms with E-state index >= 15 is 0 Å². The molecule has 8 heteroatoms. The van der Waals surface area contributed by atoms with Gasteiger partial charge in [0.2, 0.25) is 0 Å². The molecule has 0 aliphatic carbocycles. The summed E-state index contributed by atoms with van der Waals surface area (Å²) in [7, 11) is 4.57. The topological polar surface area (TPSA) is 95.1 Å². The second-order valence-electron chi connectivity index (χ2n) is 5.31. The van der Waals surface area contributed by atoms with Gasteiger partial charge in [0.15, 0.2) is 11.5 Å². The van der Waals surface area contributed by atoms with Crippen LogP contribution in [0.3, 0.4) is 0 Å². The van der Waals surface area contributed by atoms with Crippen molar-refractivity contribution in [3.05, 3.63) is 35.0 Å². The Hall–Kier alpha value is -2.74. The summed E-state index contributed by atoms with van der Waals surface area (Å²) in [4.78, 5) is 24.3. The van der Waals surface area contributed by atoms with E-state index < -0.39 is 18.0 Å². The van der Waals surface area contributed by atoms with Gasteiger partial charge >= 0.3 is 12.0 Å². The molecule has 1 aliphatic heterocycles. The number of amides is 2. The molecule has 0 saturated carbocycles. The molecule has 1 atom stereocenters. The molecule has 0 bridgehead atoms. The predicted octanol–water partition coefficient (Wildman–Crippen LogP) is 1.52. The minimum Gasteiger partial charge on any atom is -0.493 e. The van der Waals surface area contributed by atoms with Gasteiger partial charge in [0, 0.05) is 12.8 Å². The van der Waals surface area contributed by atoms with Gasteiger partial charge in [-0.3, -0.25) is 0 Å². The number of urea groups is 1. The lowest BCUT2D eigenvalue weighted by Gasteiger charge is -2.28. The summed E-state index contributed by atoms with van der Waals surface area (Å²) in [5.41, 5.74) is 1.43. The third-order valence-corrected chi connectivity index (χ3v) is 3.75. The molecule has 0 fully saturated rings. The molecular formula is C17H22N2O6. The average Bonchev–Trinajstić information content (AvgIpc) is 2.60. The van der Waals surface area contributed by atoms with E-state index in [4.69, 9.17) is 18.9 Å². The third-order valence-electron chi connectivity index (χ3n) is 3.75. The Balaban J connectivity index is 2.37. The molecule has 1 heterocycles. The number of carbonyl (C=O) groups excluding carboxylic acids is 2. The second-order valence-corrected chi connectivity index (χ2v) is 5.31. The van der Waals surface area contributed by atoms with Crippen LogP contribution in [0.25, 0.3) is 0 Å². The molecule has 0 radical (unpaired) electrons. The number of hydrogen-bond donors (Lipinski definition) is 2. The van der Waals surface area contributed by atoms with Crippen LogP contribution in [0.1, 0.15) is 18.5 Å². The summed E-state index contributed by atoms with van der Waals surface area (Å²) in [6, 6.07) is 4.12. The number of carbonyl (C=O) groups is 2. The van der Waals surface area contributed by atoms with Crippen molar-refractivity contribution in [2.24, 2.45) is 0 Å². The van der Waals surface area contributed by atoms with Crippen LogP contribution in [0, 0.1) is 0 Å². The maximum absolute atomic E-state index is 12.5. The number of nitrogens with one attached hydrogen (secondary N) is 2. The lowest BCUT2D eigenvalue weighted by Crippen LogP contribution is -2.45. The Kier molecular flexibility index (Phi) is 6.24. The van der Waals surface area contributed by atoms with Gasteiger partial charge in [-0.15, -0.1) is 0 Å². The number of hydrogen-bond acceptors (Lipinski definition) is 6. The first kappa shape index (κ1) is 18.6. The normalized spacial score (nSPS) is 16.8. The Morgan fingerprint density at radius 1 is 1.12 bits per heavy atom. The number of allylic oxidation sites excluding steroid dienone is 1. The molecule has 2 amide bonds. The van der Waals surface area contributed by atoms with E-state index in [1.165, 1.54) is 21.3 Å². The molecule has 0 saturated heterocycles. The van der Waals surface area contributed by atoms with Crippen molar-refractivity contribution in [2.75, 3.05) is 34.5 Å². The van der Waals surface area contributed by atoms with Gasteiger partial charge in [-0.2, -0.15) is 0 Å². The highest BCUT2D eigenvalue weighted by Gasteiger charge is 2.32. The van der Waals surface area contributed by atoms with E-state index in [0.717, 1.165) is 0 Å². The number of esters is 1. The lowest BCUT2D eigenvalue weighted by molar-refractivity contribution is -0.140. The molecule has 2 rings (SSSR count). The zero-order valence-corrected chi connectivity index (χ0v) is 14.7. The Labute approximate surface area is 146 Å². The van der Waals surface area contributed by atoms with Gasteiger partial charge < -0.3 is 29.6 Å². The molecular weight excluding hydrogens is 328 g/mol. The number of benzene rings is 1. The summed E-state index contributed by atoms with van der Waals surface area (Å²) in [6.45, 7) is 2.07. The van der Waals surface area contributed by atoms with Gasteiger partial charge in [-0.25, -0.2) is 9.59 Å². The van der Waals surface area contributed by atoms with E-state index in [1.807, 2.05) is 0 Å². The molecule has 25 heavy (non-hydrogen) atoms. The molecule has 136 valence electrons. The Bertz CT molecular complexity index is 686. The van der Waals surface area contributed by atoms with Crippen molar-refractivity contribution < 1.29 is 28.5 Å². The minimum absolute atomic E-state index is 0.124. The van der Waals surface area contributed by atoms with Crippen LogP contribution >= 0.6 is 0 Å². The molecule has 2 N–H and O–H groups in total. The van der Waals surface area contributed by atoms with Crippen molar-refractivity contribution in [1.82, 2.24) is 10.6 Å². The molecule has 1 aromatic carbocycles.